The van der Waals surface area contributed by atoms with E-state index in [1.807, 2.05) is 0 Å². The van der Waals surface area contributed by atoms with E-state index in [9.17, 15) is 13.6 Å². The fraction of sp³-hybridized carbons (Fsp3) is 0.462. The van der Waals surface area contributed by atoms with Crippen LogP contribution in [0.25, 0.3) is 0 Å². The summed E-state index contributed by atoms with van der Waals surface area (Å²) in [6.45, 7) is 0. The van der Waals surface area contributed by atoms with E-state index in [1.165, 1.54) is 0 Å². The highest BCUT2D eigenvalue weighted by Crippen LogP contribution is 2.29. The van der Waals surface area contributed by atoms with Crippen molar-refractivity contribution in [3.8, 4) is 0 Å². The molecule has 2 atom stereocenters. The SMILES string of the molecule is NC1CCCC(C(=O)Nc2c(F)cc(F)cc2Br)C1. The zero-order valence-corrected chi connectivity index (χ0v) is 11.8. The van der Waals surface area contributed by atoms with Crippen molar-refractivity contribution in [1.82, 2.24) is 0 Å². The molecule has 0 bridgehead atoms. The monoisotopic (exact) mass is 332 g/mol. The lowest BCUT2D eigenvalue weighted by Gasteiger charge is -2.25. The van der Waals surface area contributed by atoms with Crippen LogP contribution in [0.15, 0.2) is 16.6 Å². The van der Waals surface area contributed by atoms with Crippen molar-refractivity contribution < 1.29 is 13.6 Å². The van der Waals surface area contributed by atoms with Crippen LogP contribution in [0.2, 0.25) is 0 Å². The van der Waals surface area contributed by atoms with Gasteiger partial charge < -0.3 is 11.1 Å². The number of rotatable bonds is 2. The van der Waals surface area contributed by atoms with Gasteiger partial charge in [-0.25, -0.2) is 8.78 Å². The lowest BCUT2D eigenvalue weighted by molar-refractivity contribution is -0.120. The van der Waals surface area contributed by atoms with E-state index in [-0.39, 0.29) is 28.0 Å². The van der Waals surface area contributed by atoms with E-state index >= 15 is 0 Å². The first-order chi connectivity index (χ1) is 8.97. The van der Waals surface area contributed by atoms with Crippen LogP contribution in [0.4, 0.5) is 14.5 Å². The van der Waals surface area contributed by atoms with Gasteiger partial charge in [0.05, 0.1) is 5.69 Å². The molecular formula is C13H15BrF2N2O. The summed E-state index contributed by atoms with van der Waals surface area (Å²) in [4.78, 5) is 12.1. The molecule has 0 heterocycles. The third-order valence-corrected chi connectivity index (χ3v) is 3.97. The van der Waals surface area contributed by atoms with Crippen molar-refractivity contribution in [2.75, 3.05) is 5.32 Å². The van der Waals surface area contributed by atoms with Crippen LogP contribution in [0.3, 0.4) is 0 Å². The molecule has 0 spiro atoms. The second kappa shape index (κ2) is 5.96. The second-order valence-electron chi connectivity index (χ2n) is 4.86. The van der Waals surface area contributed by atoms with Crippen LogP contribution in [0.1, 0.15) is 25.7 Å². The third kappa shape index (κ3) is 3.51. The Morgan fingerprint density at radius 1 is 1.37 bits per heavy atom. The highest BCUT2D eigenvalue weighted by molar-refractivity contribution is 9.10. The van der Waals surface area contributed by atoms with Crippen LogP contribution in [-0.4, -0.2) is 11.9 Å². The maximum absolute atomic E-state index is 13.6. The molecular weight excluding hydrogens is 318 g/mol. The second-order valence-corrected chi connectivity index (χ2v) is 5.71. The highest BCUT2D eigenvalue weighted by atomic mass is 79.9. The fourth-order valence-electron chi connectivity index (χ4n) is 2.35. The van der Waals surface area contributed by atoms with Gasteiger partial charge >= 0.3 is 0 Å². The van der Waals surface area contributed by atoms with Crippen molar-refractivity contribution >= 4 is 27.5 Å². The van der Waals surface area contributed by atoms with Gasteiger partial charge in [-0.3, -0.25) is 4.79 Å². The molecule has 1 aliphatic carbocycles. The lowest BCUT2D eigenvalue weighted by atomic mass is 9.85. The molecule has 2 rings (SSSR count). The molecule has 6 heteroatoms. The standard InChI is InChI=1S/C13H15BrF2N2O/c14-10-5-8(15)6-11(16)12(10)18-13(19)7-2-1-3-9(17)4-7/h5-7,9H,1-4,17H2,(H,18,19). The van der Waals surface area contributed by atoms with E-state index < -0.39 is 11.6 Å². The molecule has 0 aromatic heterocycles. The number of benzene rings is 1. The summed E-state index contributed by atoms with van der Waals surface area (Å²) in [6, 6.07) is 1.88. The predicted molar refractivity (Wildman–Crippen MR) is 72.6 cm³/mol. The van der Waals surface area contributed by atoms with Crippen LogP contribution in [0.5, 0.6) is 0 Å². The molecule has 1 saturated carbocycles. The van der Waals surface area contributed by atoms with Gasteiger partial charge in [0.15, 0.2) is 5.82 Å². The molecule has 0 saturated heterocycles. The zero-order valence-electron chi connectivity index (χ0n) is 10.3. The Morgan fingerprint density at radius 3 is 2.74 bits per heavy atom. The van der Waals surface area contributed by atoms with Crippen LogP contribution in [-0.2, 0) is 4.79 Å². The molecule has 0 aliphatic heterocycles. The minimum Gasteiger partial charge on any atom is -0.328 e. The summed E-state index contributed by atoms with van der Waals surface area (Å²) >= 11 is 3.04. The van der Waals surface area contributed by atoms with Crippen molar-refractivity contribution in [3.63, 3.8) is 0 Å². The minimum absolute atomic E-state index is 0.0194. The Bertz CT molecular complexity index is 473. The average Bonchev–Trinajstić information content (AvgIpc) is 2.33. The summed E-state index contributed by atoms with van der Waals surface area (Å²) in [5, 5.41) is 2.51. The number of halogens is 3. The average molecular weight is 333 g/mol. The quantitative estimate of drug-likeness (QED) is 0.873. The Balaban J connectivity index is 2.10. The molecule has 104 valence electrons. The first-order valence-electron chi connectivity index (χ1n) is 6.18. The maximum Gasteiger partial charge on any atom is 0.227 e. The Hall–Kier alpha value is -1.01. The van der Waals surface area contributed by atoms with E-state index in [1.54, 1.807) is 0 Å². The molecule has 1 aliphatic rings. The number of carbonyl (C=O) groups excluding carboxylic acids is 1. The van der Waals surface area contributed by atoms with Gasteiger partial charge in [0.25, 0.3) is 0 Å². The van der Waals surface area contributed by atoms with Gasteiger partial charge in [0, 0.05) is 22.5 Å². The first-order valence-corrected chi connectivity index (χ1v) is 6.97. The van der Waals surface area contributed by atoms with Crippen molar-refractivity contribution in [2.45, 2.75) is 31.7 Å². The van der Waals surface area contributed by atoms with Crippen LogP contribution < -0.4 is 11.1 Å². The smallest absolute Gasteiger partial charge is 0.227 e. The van der Waals surface area contributed by atoms with Crippen LogP contribution in [0, 0.1) is 17.6 Å². The molecule has 1 amide bonds. The van der Waals surface area contributed by atoms with Gasteiger partial charge in [0.2, 0.25) is 5.91 Å². The molecule has 2 unspecified atom stereocenters. The predicted octanol–water partition coefficient (Wildman–Crippen LogP) is 3.18. The fourth-order valence-corrected chi connectivity index (χ4v) is 2.86. The van der Waals surface area contributed by atoms with Gasteiger partial charge in [-0.1, -0.05) is 6.42 Å². The lowest BCUT2D eigenvalue weighted by Crippen LogP contribution is -2.34. The maximum atomic E-state index is 13.6. The number of anilines is 1. The van der Waals surface area contributed by atoms with Gasteiger partial charge in [0.1, 0.15) is 5.82 Å². The summed E-state index contributed by atoms with van der Waals surface area (Å²) in [6.07, 6.45) is 3.16. The third-order valence-electron chi connectivity index (χ3n) is 3.34. The zero-order chi connectivity index (χ0) is 14.0. The largest absolute Gasteiger partial charge is 0.328 e. The minimum atomic E-state index is -0.791. The number of amides is 1. The summed E-state index contributed by atoms with van der Waals surface area (Å²) in [5.41, 5.74) is 5.80. The van der Waals surface area contributed by atoms with E-state index in [4.69, 9.17) is 5.73 Å². The number of carbonyl (C=O) groups is 1. The molecule has 1 aromatic carbocycles. The number of nitrogens with two attached hydrogens (primary N) is 1. The first kappa shape index (κ1) is 14.4. The Labute approximate surface area is 118 Å². The molecule has 3 N–H and O–H groups in total. The van der Waals surface area contributed by atoms with Gasteiger partial charge in [-0.15, -0.1) is 0 Å². The van der Waals surface area contributed by atoms with Gasteiger partial charge in [-0.2, -0.15) is 0 Å². The summed E-state index contributed by atoms with van der Waals surface area (Å²) < 4.78 is 26.8. The van der Waals surface area contributed by atoms with E-state index in [0.717, 1.165) is 31.4 Å². The Kier molecular flexibility index (Phi) is 4.52. The number of nitrogens with one attached hydrogen (secondary N) is 1. The van der Waals surface area contributed by atoms with Crippen LogP contribution >= 0.6 is 15.9 Å². The van der Waals surface area contributed by atoms with Crippen molar-refractivity contribution in [3.05, 3.63) is 28.2 Å². The molecule has 1 aromatic rings. The van der Waals surface area contributed by atoms with Crippen molar-refractivity contribution in [2.24, 2.45) is 11.7 Å². The van der Waals surface area contributed by atoms with E-state index in [2.05, 4.69) is 21.2 Å². The summed E-state index contributed by atoms with van der Waals surface area (Å²) in [7, 11) is 0. The molecule has 19 heavy (non-hydrogen) atoms. The van der Waals surface area contributed by atoms with Crippen molar-refractivity contribution in [1.29, 1.82) is 0 Å². The molecule has 3 nitrogen and oxygen atoms in total. The number of hydrogen-bond donors (Lipinski definition) is 2. The number of hydrogen-bond acceptors (Lipinski definition) is 2. The van der Waals surface area contributed by atoms with Gasteiger partial charge in [-0.05, 0) is 41.3 Å². The summed E-state index contributed by atoms with van der Waals surface area (Å²) in [5.74, 6) is -1.95. The van der Waals surface area contributed by atoms with E-state index in [0.29, 0.717) is 6.42 Å². The highest BCUT2D eigenvalue weighted by Gasteiger charge is 2.26. The Morgan fingerprint density at radius 2 is 2.11 bits per heavy atom. The molecule has 0 radical (unpaired) electrons. The molecule has 1 fully saturated rings. The normalized spacial score (nSPS) is 23.2. The topological polar surface area (TPSA) is 55.1 Å².